The first-order valence-electron chi connectivity index (χ1n) is 6.83. The van der Waals surface area contributed by atoms with E-state index in [0.717, 1.165) is 12.8 Å². The van der Waals surface area contributed by atoms with Crippen molar-refractivity contribution < 1.29 is 14.3 Å². The highest BCUT2D eigenvalue weighted by atomic mass is 16.5. The molecule has 0 aromatic heterocycles. The molecule has 0 heterocycles. The van der Waals surface area contributed by atoms with Crippen LogP contribution < -0.4 is 10.6 Å². The van der Waals surface area contributed by atoms with E-state index >= 15 is 0 Å². The highest BCUT2D eigenvalue weighted by Gasteiger charge is 2.11. The van der Waals surface area contributed by atoms with Gasteiger partial charge in [0.05, 0.1) is 0 Å². The molecule has 5 heteroatoms. The Morgan fingerprint density at radius 1 is 1.00 bits per heavy atom. The average molecular weight is 278 g/mol. The molecule has 0 spiro atoms. The second kappa shape index (κ2) is 9.97. The molecule has 2 N–H and O–H groups in total. The number of carbonyl (C=O) groups is 2. The summed E-state index contributed by atoms with van der Waals surface area (Å²) in [6.07, 6.45) is 2.40. The monoisotopic (exact) mass is 278 g/mol. The molecule has 0 bridgehead atoms. The van der Waals surface area contributed by atoms with Crippen molar-refractivity contribution in [1.82, 2.24) is 10.6 Å². The topological polar surface area (TPSA) is 67.4 Å². The van der Waals surface area contributed by atoms with Crippen molar-refractivity contribution in [2.45, 2.75) is 19.3 Å². The van der Waals surface area contributed by atoms with E-state index in [1.165, 1.54) is 5.56 Å². The third-order valence-electron chi connectivity index (χ3n) is 2.79. The van der Waals surface area contributed by atoms with Crippen molar-refractivity contribution in [3.63, 3.8) is 0 Å². The number of aryl methyl sites for hydroxylation is 1. The smallest absolute Gasteiger partial charge is 0.309 e. The molecule has 0 aliphatic heterocycles. The number of carbonyl (C=O) groups excluding carboxylic acids is 2. The first-order valence-corrected chi connectivity index (χ1v) is 6.83. The third kappa shape index (κ3) is 6.89. The van der Waals surface area contributed by atoms with Gasteiger partial charge in [0.25, 0.3) is 0 Å². The molecule has 110 valence electrons. The van der Waals surface area contributed by atoms with Crippen molar-refractivity contribution in [3.8, 4) is 0 Å². The summed E-state index contributed by atoms with van der Waals surface area (Å²) in [5, 5.41) is 5.16. The van der Waals surface area contributed by atoms with Crippen molar-refractivity contribution in [2.24, 2.45) is 0 Å². The minimum atomic E-state index is -0.583. The van der Waals surface area contributed by atoms with Gasteiger partial charge in [-0.3, -0.25) is 9.59 Å². The van der Waals surface area contributed by atoms with Gasteiger partial charge >= 0.3 is 11.8 Å². The van der Waals surface area contributed by atoms with Crippen molar-refractivity contribution in [3.05, 3.63) is 35.9 Å². The van der Waals surface area contributed by atoms with E-state index < -0.39 is 11.8 Å². The fourth-order valence-electron chi connectivity index (χ4n) is 1.72. The molecule has 1 aromatic rings. The van der Waals surface area contributed by atoms with Crippen LogP contribution in [0.25, 0.3) is 0 Å². The fraction of sp³-hybridized carbons (Fsp3) is 0.467. The Hall–Kier alpha value is -1.88. The minimum Gasteiger partial charge on any atom is -0.385 e. The van der Waals surface area contributed by atoms with Gasteiger partial charge < -0.3 is 15.4 Å². The number of methoxy groups -OCH3 is 1. The van der Waals surface area contributed by atoms with E-state index in [1.54, 1.807) is 7.11 Å². The Balaban J connectivity index is 2.08. The van der Waals surface area contributed by atoms with Gasteiger partial charge in [0.1, 0.15) is 0 Å². The summed E-state index contributed by atoms with van der Waals surface area (Å²) in [6, 6.07) is 10.0. The summed E-state index contributed by atoms with van der Waals surface area (Å²) in [6.45, 7) is 1.52. The van der Waals surface area contributed by atoms with Crippen molar-refractivity contribution >= 4 is 11.8 Å². The fourth-order valence-corrected chi connectivity index (χ4v) is 1.72. The third-order valence-corrected chi connectivity index (χ3v) is 2.79. The molecular formula is C15H22N2O3. The van der Waals surface area contributed by atoms with Crippen LogP contribution in [0.3, 0.4) is 0 Å². The van der Waals surface area contributed by atoms with Gasteiger partial charge in [-0.2, -0.15) is 0 Å². The van der Waals surface area contributed by atoms with Crippen LogP contribution in [0, 0.1) is 0 Å². The molecule has 2 amide bonds. The predicted molar refractivity (Wildman–Crippen MR) is 77.3 cm³/mol. The molecule has 0 atom stereocenters. The molecular weight excluding hydrogens is 256 g/mol. The Kier molecular flexibility index (Phi) is 8.07. The van der Waals surface area contributed by atoms with E-state index in [2.05, 4.69) is 10.6 Å². The highest BCUT2D eigenvalue weighted by Crippen LogP contribution is 2.01. The summed E-state index contributed by atoms with van der Waals surface area (Å²) in [5.74, 6) is -1.16. The molecule has 1 rings (SSSR count). The molecule has 5 nitrogen and oxygen atoms in total. The minimum absolute atomic E-state index is 0.449. The maximum absolute atomic E-state index is 11.5. The lowest BCUT2D eigenvalue weighted by Gasteiger charge is -2.06. The molecule has 1 aromatic carbocycles. The molecule has 0 aliphatic carbocycles. The number of ether oxygens (including phenoxy) is 1. The standard InChI is InChI=1S/C15H22N2O3/c1-20-12-6-11-17-15(19)14(18)16-10-5-9-13-7-3-2-4-8-13/h2-4,7-8H,5-6,9-12H2,1H3,(H,16,18)(H,17,19). The predicted octanol–water partition coefficient (Wildman–Crippen LogP) is 0.888. The van der Waals surface area contributed by atoms with Crippen LogP contribution in [-0.4, -0.2) is 38.6 Å². The lowest BCUT2D eigenvalue weighted by molar-refractivity contribution is -0.139. The Labute approximate surface area is 119 Å². The number of amides is 2. The second-order valence-corrected chi connectivity index (χ2v) is 4.45. The van der Waals surface area contributed by atoms with E-state index in [9.17, 15) is 9.59 Å². The molecule has 0 fully saturated rings. The van der Waals surface area contributed by atoms with E-state index in [-0.39, 0.29) is 0 Å². The summed E-state index contributed by atoms with van der Waals surface area (Å²) in [4.78, 5) is 22.9. The molecule has 0 saturated heterocycles. The number of hydrogen-bond acceptors (Lipinski definition) is 3. The lowest BCUT2D eigenvalue weighted by Crippen LogP contribution is -2.40. The molecule has 20 heavy (non-hydrogen) atoms. The van der Waals surface area contributed by atoms with E-state index in [0.29, 0.717) is 26.1 Å². The molecule has 0 aliphatic rings. The zero-order valence-electron chi connectivity index (χ0n) is 11.9. The van der Waals surface area contributed by atoms with Crippen LogP contribution in [-0.2, 0) is 20.7 Å². The number of nitrogens with one attached hydrogen (secondary N) is 2. The van der Waals surface area contributed by atoms with Crippen LogP contribution in [0.5, 0.6) is 0 Å². The quantitative estimate of drug-likeness (QED) is 0.548. The van der Waals surface area contributed by atoms with Crippen LogP contribution in [0.15, 0.2) is 30.3 Å². The number of benzene rings is 1. The van der Waals surface area contributed by atoms with Gasteiger partial charge in [0, 0.05) is 26.8 Å². The van der Waals surface area contributed by atoms with Gasteiger partial charge in [-0.25, -0.2) is 0 Å². The normalized spacial score (nSPS) is 10.1. The SMILES string of the molecule is COCCCNC(=O)C(=O)NCCCc1ccccc1. The highest BCUT2D eigenvalue weighted by molar-refractivity contribution is 6.35. The zero-order chi connectivity index (χ0) is 14.6. The van der Waals surface area contributed by atoms with E-state index in [1.807, 2.05) is 30.3 Å². The van der Waals surface area contributed by atoms with Gasteiger partial charge in [0.2, 0.25) is 0 Å². The first kappa shape index (κ1) is 16.2. The Bertz CT molecular complexity index is 407. The van der Waals surface area contributed by atoms with E-state index in [4.69, 9.17) is 4.74 Å². The average Bonchev–Trinajstić information content (AvgIpc) is 2.48. The summed E-state index contributed by atoms with van der Waals surface area (Å²) in [7, 11) is 1.60. The molecule has 0 radical (unpaired) electrons. The summed E-state index contributed by atoms with van der Waals surface area (Å²) >= 11 is 0. The van der Waals surface area contributed by atoms with Crippen LogP contribution >= 0.6 is 0 Å². The summed E-state index contributed by atoms with van der Waals surface area (Å²) in [5.41, 5.74) is 1.23. The van der Waals surface area contributed by atoms with Crippen LogP contribution in [0.4, 0.5) is 0 Å². The van der Waals surface area contributed by atoms with Crippen LogP contribution in [0.1, 0.15) is 18.4 Å². The zero-order valence-corrected chi connectivity index (χ0v) is 11.9. The maximum Gasteiger partial charge on any atom is 0.309 e. The van der Waals surface area contributed by atoms with Crippen molar-refractivity contribution in [1.29, 1.82) is 0 Å². The van der Waals surface area contributed by atoms with Gasteiger partial charge in [-0.15, -0.1) is 0 Å². The van der Waals surface area contributed by atoms with Crippen LogP contribution in [0.2, 0.25) is 0 Å². The lowest BCUT2D eigenvalue weighted by atomic mass is 10.1. The first-order chi connectivity index (χ1) is 9.74. The molecule has 0 unspecified atom stereocenters. The molecule has 0 saturated carbocycles. The second-order valence-electron chi connectivity index (χ2n) is 4.45. The van der Waals surface area contributed by atoms with Gasteiger partial charge in [-0.05, 0) is 24.8 Å². The largest absolute Gasteiger partial charge is 0.385 e. The number of rotatable bonds is 8. The number of hydrogen-bond donors (Lipinski definition) is 2. The Morgan fingerprint density at radius 3 is 2.20 bits per heavy atom. The maximum atomic E-state index is 11.5. The Morgan fingerprint density at radius 2 is 1.60 bits per heavy atom. The summed E-state index contributed by atoms with van der Waals surface area (Å²) < 4.78 is 4.85. The van der Waals surface area contributed by atoms with Gasteiger partial charge in [-0.1, -0.05) is 30.3 Å². The van der Waals surface area contributed by atoms with Gasteiger partial charge in [0.15, 0.2) is 0 Å². The van der Waals surface area contributed by atoms with Crippen molar-refractivity contribution in [2.75, 3.05) is 26.8 Å².